The lowest BCUT2D eigenvalue weighted by Gasteiger charge is -2.20. The number of rotatable bonds is 1. The predicted octanol–water partition coefficient (Wildman–Crippen LogP) is 3.17. The van der Waals surface area contributed by atoms with Gasteiger partial charge >= 0.3 is 12.4 Å². The van der Waals surface area contributed by atoms with E-state index in [0.717, 1.165) is 6.20 Å². The number of H-pyrrole nitrogens is 1. The van der Waals surface area contributed by atoms with Gasteiger partial charge in [0.05, 0.1) is 17.2 Å². The third-order valence-corrected chi connectivity index (χ3v) is 2.23. The molecule has 0 aliphatic rings. The Hall–Kier alpha value is -1.80. The summed E-state index contributed by atoms with van der Waals surface area (Å²) in [7, 11) is 0. The number of imidazole rings is 1. The van der Waals surface area contributed by atoms with E-state index in [9.17, 15) is 26.3 Å². The molecule has 0 amide bonds. The van der Waals surface area contributed by atoms with Gasteiger partial charge in [0.1, 0.15) is 5.82 Å². The molecule has 2 rings (SSSR count). The Labute approximate surface area is 95.8 Å². The Balaban J connectivity index is 2.55. The lowest BCUT2D eigenvalue weighted by atomic mass is 10.1. The molecule has 1 N–H and O–H groups in total. The normalized spacial score (nSPS) is 13.5. The molecule has 0 atom stereocenters. The van der Waals surface area contributed by atoms with E-state index >= 15 is 0 Å². The molecule has 0 aliphatic heterocycles. The zero-order chi connectivity index (χ0) is 13.6. The van der Waals surface area contributed by atoms with Crippen LogP contribution in [0.4, 0.5) is 26.3 Å². The van der Waals surface area contributed by atoms with E-state index < -0.39 is 24.1 Å². The maximum absolute atomic E-state index is 12.4. The summed E-state index contributed by atoms with van der Waals surface area (Å²) < 4.78 is 74.6. The molecule has 2 aromatic rings. The molecule has 2 heterocycles. The van der Waals surface area contributed by atoms with E-state index in [2.05, 4.69) is 9.97 Å². The minimum absolute atomic E-state index is 0.00139. The second-order valence-corrected chi connectivity index (χ2v) is 3.53. The first-order valence-electron chi connectivity index (χ1n) is 4.62. The fraction of sp³-hybridized carbons (Fsp3) is 0.333. The van der Waals surface area contributed by atoms with Gasteiger partial charge in [0.2, 0.25) is 5.92 Å². The molecule has 2 aromatic heterocycles. The van der Waals surface area contributed by atoms with Gasteiger partial charge in [-0.05, 0) is 6.07 Å². The van der Waals surface area contributed by atoms with Gasteiger partial charge in [0.15, 0.2) is 0 Å². The predicted molar refractivity (Wildman–Crippen MR) is 48.7 cm³/mol. The number of aromatic amines is 1. The standard InChI is InChI=1S/C9H5F6N3/c10-8(11,12)6(9(13,14)15)7-17-4-1-2-16-3-5(4)18-7/h1-3,6H,(H,17,18). The molecule has 0 aromatic carbocycles. The van der Waals surface area contributed by atoms with Crippen LogP contribution in [0.15, 0.2) is 18.5 Å². The van der Waals surface area contributed by atoms with Crippen molar-refractivity contribution in [3.63, 3.8) is 0 Å². The van der Waals surface area contributed by atoms with Crippen molar-refractivity contribution in [3.05, 3.63) is 24.3 Å². The zero-order valence-corrected chi connectivity index (χ0v) is 8.47. The summed E-state index contributed by atoms with van der Waals surface area (Å²) in [4.78, 5) is 8.88. The molecule has 0 aliphatic carbocycles. The second-order valence-electron chi connectivity index (χ2n) is 3.53. The van der Waals surface area contributed by atoms with Crippen LogP contribution >= 0.6 is 0 Å². The van der Waals surface area contributed by atoms with Crippen molar-refractivity contribution in [2.75, 3.05) is 0 Å². The summed E-state index contributed by atoms with van der Waals surface area (Å²) >= 11 is 0. The Morgan fingerprint density at radius 3 is 2.17 bits per heavy atom. The third kappa shape index (κ3) is 2.24. The summed E-state index contributed by atoms with van der Waals surface area (Å²) in [5.41, 5.74) is 0.0181. The molecule has 0 radical (unpaired) electrons. The van der Waals surface area contributed by atoms with Crippen molar-refractivity contribution >= 4 is 11.0 Å². The van der Waals surface area contributed by atoms with Gasteiger partial charge in [0, 0.05) is 6.20 Å². The minimum atomic E-state index is -5.46. The second kappa shape index (κ2) is 3.85. The molecular formula is C9H5F6N3. The molecule has 0 saturated carbocycles. The lowest BCUT2D eigenvalue weighted by Crippen LogP contribution is -2.34. The summed E-state index contributed by atoms with van der Waals surface area (Å²) in [6.45, 7) is 0. The number of halogens is 6. The largest absolute Gasteiger partial charge is 0.407 e. The monoisotopic (exact) mass is 269 g/mol. The van der Waals surface area contributed by atoms with E-state index in [1.165, 1.54) is 12.3 Å². The highest BCUT2D eigenvalue weighted by molar-refractivity contribution is 5.73. The maximum Gasteiger partial charge on any atom is 0.407 e. The van der Waals surface area contributed by atoms with Crippen molar-refractivity contribution in [1.82, 2.24) is 15.0 Å². The van der Waals surface area contributed by atoms with Gasteiger partial charge in [-0.2, -0.15) is 26.3 Å². The van der Waals surface area contributed by atoms with Crippen molar-refractivity contribution < 1.29 is 26.3 Å². The number of pyridine rings is 1. The van der Waals surface area contributed by atoms with Crippen LogP contribution in [0.25, 0.3) is 11.0 Å². The number of nitrogens with one attached hydrogen (secondary N) is 1. The van der Waals surface area contributed by atoms with Crippen molar-refractivity contribution in [3.8, 4) is 0 Å². The van der Waals surface area contributed by atoms with E-state index in [4.69, 9.17) is 0 Å². The van der Waals surface area contributed by atoms with Crippen LogP contribution in [0.5, 0.6) is 0 Å². The quantitative estimate of drug-likeness (QED) is 0.808. The van der Waals surface area contributed by atoms with Gasteiger partial charge in [0.25, 0.3) is 0 Å². The molecular weight excluding hydrogens is 264 g/mol. The van der Waals surface area contributed by atoms with E-state index in [-0.39, 0.29) is 11.0 Å². The SMILES string of the molecule is FC(F)(F)C(c1nc2ccncc2[nH]1)C(F)(F)F. The number of hydrogen-bond donors (Lipinski definition) is 1. The van der Waals surface area contributed by atoms with E-state index in [0.29, 0.717) is 0 Å². The molecule has 3 nitrogen and oxygen atoms in total. The van der Waals surface area contributed by atoms with Gasteiger partial charge in [-0.15, -0.1) is 0 Å². The summed E-state index contributed by atoms with van der Waals surface area (Å²) in [6, 6.07) is 1.22. The molecule has 98 valence electrons. The Bertz CT molecular complexity index is 508. The zero-order valence-electron chi connectivity index (χ0n) is 8.47. The Morgan fingerprint density at radius 2 is 1.67 bits per heavy atom. The number of nitrogens with zero attached hydrogens (tertiary/aromatic N) is 2. The number of alkyl halides is 6. The summed E-state index contributed by atoms with van der Waals surface area (Å²) in [5.74, 6) is -4.81. The van der Waals surface area contributed by atoms with Crippen molar-refractivity contribution in [2.45, 2.75) is 18.3 Å². The highest BCUT2D eigenvalue weighted by Gasteiger charge is 2.59. The van der Waals surface area contributed by atoms with Crippen molar-refractivity contribution in [2.24, 2.45) is 0 Å². The van der Waals surface area contributed by atoms with E-state index in [1.807, 2.05) is 4.98 Å². The topological polar surface area (TPSA) is 41.6 Å². The Kier molecular flexibility index (Phi) is 2.71. The molecule has 18 heavy (non-hydrogen) atoms. The van der Waals surface area contributed by atoms with Crippen LogP contribution < -0.4 is 0 Å². The number of hydrogen-bond acceptors (Lipinski definition) is 2. The molecule has 0 unspecified atom stereocenters. The van der Waals surface area contributed by atoms with Crippen LogP contribution in [-0.2, 0) is 0 Å². The average Bonchev–Trinajstić information content (AvgIpc) is 2.54. The summed E-state index contributed by atoms with van der Waals surface area (Å²) in [6.07, 6.45) is -8.59. The summed E-state index contributed by atoms with van der Waals surface area (Å²) in [5, 5.41) is 0. The highest BCUT2D eigenvalue weighted by Crippen LogP contribution is 2.45. The fourth-order valence-electron chi connectivity index (χ4n) is 1.51. The van der Waals surface area contributed by atoms with Crippen LogP contribution in [0.3, 0.4) is 0 Å². The molecule has 0 spiro atoms. The average molecular weight is 269 g/mol. The minimum Gasteiger partial charge on any atom is -0.340 e. The first-order chi connectivity index (χ1) is 8.19. The molecule has 0 fully saturated rings. The molecule has 9 heteroatoms. The molecule has 0 saturated heterocycles. The molecule has 0 bridgehead atoms. The smallest absolute Gasteiger partial charge is 0.340 e. The Morgan fingerprint density at radius 1 is 1.06 bits per heavy atom. The van der Waals surface area contributed by atoms with Gasteiger partial charge < -0.3 is 4.98 Å². The first-order valence-corrected chi connectivity index (χ1v) is 4.62. The number of aromatic nitrogens is 3. The number of fused-ring (bicyclic) bond motifs is 1. The third-order valence-electron chi connectivity index (χ3n) is 2.23. The first kappa shape index (κ1) is 12.7. The van der Waals surface area contributed by atoms with Crippen LogP contribution in [0, 0.1) is 0 Å². The maximum atomic E-state index is 12.4. The van der Waals surface area contributed by atoms with Crippen molar-refractivity contribution in [1.29, 1.82) is 0 Å². The highest BCUT2D eigenvalue weighted by atomic mass is 19.4. The van der Waals surface area contributed by atoms with Crippen LogP contribution in [-0.4, -0.2) is 27.3 Å². The fourth-order valence-corrected chi connectivity index (χ4v) is 1.51. The van der Waals surface area contributed by atoms with Crippen LogP contribution in [0.2, 0.25) is 0 Å². The van der Waals surface area contributed by atoms with Gasteiger partial charge in [-0.1, -0.05) is 0 Å². The van der Waals surface area contributed by atoms with Gasteiger partial charge in [-0.25, -0.2) is 4.98 Å². The van der Waals surface area contributed by atoms with Gasteiger partial charge in [-0.3, -0.25) is 4.98 Å². The lowest BCUT2D eigenvalue weighted by molar-refractivity contribution is -0.255. The van der Waals surface area contributed by atoms with Crippen LogP contribution in [0.1, 0.15) is 11.7 Å². The van der Waals surface area contributed by atoms with E-state index in [1.54, 1.807) is 0 Å².